The van der Waals surface area contributed by atoms with Gasteiger partial charge in [-0.05, 0) is 24.7 Å². The Morgan fingerprint density at radius 1 is 0.939 bits per heavy atom. The standard InChI is InChI=1S/C20H39N7O6/c1-5-11(4)14(21)17(30)26-13(9-28)16(29)27-15(10(2)3)18(31)25-12(19(32)33)7-6-8-24-20(22)23/h10-15,28H,5-9,21H2,1-4H3,(H,25,31)(H,26,30)(H,27,29)(H,32,33)(H4,22,23,24). The summed E-state index contributed by atoms with van der Waals surface area (Å²) in [5.74, 6) is -4.03. The number of guanidine groups is 1. The molecule has 190 valence electrons. The Morgan fingerprint density at radius 3 is 1.97 bits per heavy atom. The van der Waals surface area contributed by atoms with Crippen LogP contribution in [0.2, 0.25) is 0 Å². The highest BCUT2D eigenvalue weighted by Crippen LogP contribution is 2.07. The first-order valence-corrected chi connectivity index (χ1v) is 10.9. The zero-order valence-corrected chi connectivity index (χ0v) is 19.7. The van der Waals surface area contributed by atoms with Crippen molar-refractivity contribution in [2.75, 3.05) is 13.2 Å². The quantitative estimate of drug-likeness (QED) is 0.0717. The molecule has 0 aromatic heterocycles. The lowest BCUT2D eigenvalue weighted by molar-refractivity contribution is -0.143. The minimum Gasteiger partial charge on any atom is -0.480 e. The molecule has 13 nitrogen and oxygen atoms in total. The average molecular weight is 474 g/mol. The summed E-state index contributed by atoms with van der Waals surface area (Å²) in [6.45, 7) is 6.45. The number of carbonyl (C=O) groups excluding carboxylic acids is 3. The second kappa shape index (κ2) is 15.0. The normalized spacial score (nSPS) is 15.5. The molecule has 0 fully saturated rings. The number of aliphatic imine (C=N–C) groups is 1. The van der Waals surface area contributed by atoms with Crippen LogP contribution in [0.15, 0.2) is 4.99 Å². The summed E-state index contributed by atoms with van der Waals surface area (Å²) >= 11 is 0. The monoisotopic (exact) mass is 473 g/mol. The van der Waals surface area contributed by atoms with Crippen molar-refractivity contribution in [2.24, 2.45) is 34.0 Å². The number of amides is 3. The molecule has 0 radical (unpaired) electrons. The topological polar surface area (TPSA) is 235 Å². The van der Waals surface area contributed by atoms with Gasteiger partial charge in [0.2, 0.25) is 17.7 Å². The molecule has 0 aromatic carbocycles. The first kappa shape index (κ1) is 30.1. The third kappa shape index (κ3) is 11.0. The highest BCUT2D eigenvalue weighted by atomic mass is 16.4. The highest BCUT2D eigenvalue weighted by Gasteiger charge is 2.32. The number of aliphatic hydroxyl groups is 1. The zero-order chi connectivity index (χ0) is 25.7. The fourth-order valence-electron chi connectivity index (χ4n) is 2.79. The van der Waals surface area contributed by atoms with Gasteiger partial charge in [0.1, 0.15) is 18.1 Å². The molecule has 0 aromatic rings. The molecule has 0 aliphatic carbocycles. The van der Waals surface area contributed by atoms with Crippen molar-refractivity contribution in [1.82, 2.24) is 16.0 Å². The molecule has 0 aliphatic heterocycles. The summed E-state index contributed by atoms with van der Waals surface area (Å²) in [5, 5.41) is 26.2. The summed E-state index contributed by atoms with van der Waals surface area (Å²) in [4.78, 5) is 52.9. The summed E-state index contributed by atoms with van der Waals surface area (Å²) < 4.78 is 0. The minimum absolute atomic E-state index is 0.0689. The van der Waals surface area contributed by atoms with Crippen molar-refractivity contribution >= 4 is 29.7 Å². The van der Waals surface area contributed by atoms with Gasteiger partial charge in [-0.2, -0.15) is 0 Å². The number of carboxylic acids is 1. The van der Waals surface area contributed by atoms with Crippen molar-refractivity contribution in [2.45, 2.75) is 71.1 Å². The van der Waals surface area contributed by atoms with Gasteiger partial charge in [-0.15, -0.1) is 0 Å². The summed E-state index contributed by atoms with van der Waals surface area (Å²) in [7, 11) is 0. The smallest absolute Gasteiger partial charge is 0.326 e. The van der Waals surface area contributed by atoms with Crippen LogP contribution >= 0.6 is 0 Å². The lowest BCUT2D eigenvalue weighted by atomic mass is 9.99. The number of nitrogens with two attached hydrogens (primary N) is 3. The van der Waals surface area contributed by atoms with E-state index in [1.807, 2.05) is 6.92 Å². The van der Waals surface area contributed by atoms with Crippen LogP contribution in [0.3, 0.4) is 0 Å². The van der Waals surface area contributed by atoms with Crippen LogP contribution in [0, 0.1) is 11.8 Å². The predicted molar refractivity (Wildman–Crippen MR) is 123 cm³/mol. The Bertz CT molecular complexity index is 696. The number of rotatable bonds is 15. The number of nitrogens with zero attached hydrogens (tertiary/aromatic N) is 1. The third-order valence-electron chi connectivity index (χ3n) is 5.18. The van der Waals surface area contributed by atoms with E-state index in [-0.39, 0.29) is 24.8 Å². The maximum Gasteiger partial charge on any atom is 0.326 e. The summed E-state index contributed by atoms with van der Waals surface area (Å²) in [5.41, 5.74) is 16.3. The Hall–Kier alpha value is -2.93. The second-order valence-electron chi connectivity index (χ2n) is 8.23. The Kier molecular flexibility index (Phi) is 13.7. The van der Waals surface area contributed by atoms with E-state index in [1.54, 1.807) is 20.8 Å². The lowest BCUT2D eigenvalue weighted by Gasteiger charge is -2.27. The molecule has 5 unspecified atom stereocenters. The van der Waals surface area contributed by atoms with Crippen LogP contribution in [-0.2, 0) is 19.2 Å². The summed E-state index contributed by atoms with van der Waals surface area (Å²) in [6, 6.07) is -4.51. The van der Waals surface area contributed by atoms with Crippen LogP contribution in [0.25, 0.3) is 0 Å². The molecule has 3 amide bonds. The average Bonchev–Trinajstić information content (AvgIpc) is 2.75. The van der Waals surface area contributed by atoms with E-state index < -0.39 is 60.4 Å². The molecule has 0 bridgehead atoms. The Labute approximate surface area is 193 Å². The molecule has 0 saturated heterocycles. The number of aliphatic hydroxyl groups excluding tert-OH is 1. The van der Waals surface area contributed by atoms with Gasteiger partial charge in [0.05, 0.1) is 12.6 Å². The number of hydrogen-bond acceptors (Lipinski definition) is 7. The maximum absolute atomic E-state index is 12.7. The van der Waals surface area contributed by atoms with Crippen molar-refractivity contribution in [3.8, 4) is 0 Å². The number of carbonyl (C=O) groups is 4. The van der Waals surface area contributed by atoms with Crippen LogP contribution in [0.5, 0.6) is 0 Å². The van der Waals surface area contributed by atoms with Crippen molar-refractivity contribution in [1.29, 1.82) is 0 Å². The van der Waals surface area contributed by atoms with E-state index >= 15 is 0 Å². The lowest BCUT2D eigenvalue weighted by Crippen LogP contribution is -2.59. The molecule has 0 saturated carbocycles. The van der Waals surface area contributed by atoms with Gasteiger partial charge < -0.3 is 43.4 Å². The number of aliphatic carboxylic acids is 1. The van der Waals surface area contributed by atoms with Gasteiger partial charge >= 0.3 is 5.97 Å². The molecule has 0 spiro atoms. The highest BCUT2D eigenvalue weighted by molar-refractivity contribution is 5.94. The third-order valence-corrected chi connectivity index (χ3v) is 5.18. The largest absolute Gasteiger partial charge is 0.480 e. The van der Waals surface area contributed by atoms with E-state index in [2.05, 4.69) is 20.9 Å². The van der Waals surface area contributed by atoms with Gasteiger partial charge in [0.15, 0.2) is 5.96 Å². The number of hydrogen-bond donors (Lipinski definition) is 8. The Balaban J connectivity index is 5.17. The molecule has 11 N–H and O–H groups in total. The minimum atomic E-state index is -1.32. The van der Waals surface area contributed by atoms with Crippen molar-refractivity contribution in [3.63, 3.8) is 0 Å². The molecule has 0 rings (SSSR count). The number of carboxylic acid groups (broad SMARTS) is 1. The number of nitrogens with one attached hydrogen (secondary N) is 3. The van der Waals surface area contributed by atoms with E-state index in [4.69, 9.17) is 17.2 Å². The molecule has 33 heavy (non-hydrogen) atoms. The first-order valence-electron chi connectivity index (χ1n) is 10.9. The van der Waals surface area contributed by atoms with Crippen molar-refractivity contribution in [3.05, 3.63) is 0 Å². The van der Waals surface area contributed by atoms with E-state index in [9.17, 15) is 29.4 Å². The second-order valence-corrected chi connectivity index (χ2v) is 8.23. The summed E-state index contributed by atoms with van der Waals surface area (Å²) in [6.07, 6.45) is 1.03. The van der Waals surface area contributed by atoms with Gasteiger partial charge in [0.25, 0.3) is 0 Å². The predicted octanol–water partition coefficient (Wildman–Crippen LogP) is -2.40. The SMILES string of the molecule is CCC(C)C(N)C(=O)NC(CO)C(=O)NC(C(=O)NC(CCCN=C(N)N)C(=O)O)C(C)C. The molecular weight excluding hydrogens is 434 g/mol. The van der Waals surface area contributed by atoms with Gasteiger partial charge in [-0.3, -0.25) is 19.4 Å². The van der Waals surface area contributed by atoms with Crippen LogP contribution in [0.4, 0.5) is 0 Å². The molecule has 0 aliphatic rings. The zero-order valence-electron chi connectivity index (χ0n) is 19.7. The molecule has 13 heteroatoms. The van der Waals surface area contributed by atoms with Crippen LogP contribution in [-0.4, -0.2) is 77.2 Å². The van der Waals surface area contributed by atoms with Crippen LogP contribution < -0.4 is 33.2 Å². The van der Waals surface area contributed by atoms with Gasteiger partial charge in [-0.25, -0.2) is 4.79 Å². The van der Waals surface area contributed by atoms with E-state index in [0.717, 1.165) is 0 Å². The van der Waals surface area contributed by atoms with Crippen LogP contribution in [0.1, 0.15) is 47.0 Å². The molecular formula is C20H39N7O6. The van der Waals surface area contributed by atoms with Gasteiger partial charge in [0, 0.05) is 6.54 Å². The maximum atomic E-state index is 12.7. The van der Waals surface area contributed by atoms with Crippen molar-refractivity contribution < 1.29 is 29.4 Å². The van der Waals surface area contributed by atoms with Gasteiger partial charge in [-0.1, -0.05) is 34.1 Å². The first-order chi connectivity index (χ1) is 15.3. The Morgan fingerprint density at radius 2 is 1.52 bits per heavy atom. The molecule has 5 atom stereocenters. The molecule has 0 heterocycles. The van der Waals surface area contributed by atoms with E-state index in [1.165, 1.54) is 0 Å². The fourth-order valence-corrected chi connectivity index (χ4v) is 2.79. The fraction of sp³-hybridized carbons (Fsp3) is 0.750. The van der Waals surface area contributed by atoms with E-state index in [0.29, 0.717) is 12.8 Å².